The number of nitrogens with one attached hydrogen (secondary N) is 1. The molecular formula is C32H50N4O5. The number of carbonyl (C=O) groups is 4. The Balaban J connectivity index is 2.45. The van der Waals surface area contributed by atoms with E-state index in [0.29, 0.717) is 11.3 Å². The number of benzene rings is 1. The molecule has 0 saturated heterocycles. The second kappa shape index (κ2) is 15.8. The molecule has 3 unspecified atom stereocenters. The predicted molar refractivity (Wildman–Crippen MR) is 162 cm³/mol. The minimum atomic E-state index is -2.41. The summed E-state index contributed by atoms with van der Waals surface area (Å²) in [5.41, 5.74) is 11.9. The number of hydrogen-bond acceptors (Lipinski definition) is 6. The van der Waals surface area contributed by atoms with Gasteiger partial charge in [0, 0.05) is 23.5 Å². The molecule has 1 aromatic heterocycles. The third-order valence-corrected chi connectivity index (χ3v) is 7.86. The number of fused-ring (bicyclic) bond motifs is 1. The summed E-state index contributed by atoms with van der Waals surface area (Å²) in [4.78, 5) is 58.7. The largest absolute Gasteiger partial charge is 0.479 e. The number of unbranched alkanes of at least 4 members (excludes halogenated alkanes) is 6. The van der Waals surface area contributed by atoms with Gasteiger partial charge in [-0.05, 0) is 42.7 Å². The summed E-state index contributed by atoms with van der Waals surface area (Å²) in [6, 6.07) is 5.09. The van der Waals surface area contributed by atoms with Gasteiger partial charge in [0.15, 0.2) is 5.78 Å². The number of carbonyl (C=O) groups excluding carboxylic acids is 3. The molecule has 1 aromatic carbocycles. The number of aromatic amines is 1. The lowest BCUT2D eigenvalue weighted by Crippen LogP contribution is -2.71. The van der Waals surface area contributed by atoms with Gasteiger partial charge in [-0.25, -0.2) is 4.79 Å². The van der Waals surface area contributed by atoms with E-state index in [4.69, 9.17) is 11.5 Å². The normalized spacial score (nSPS) is 14.7. The third-order valence-electron chi connectivity index (χ3n) is 7.86. The Morgan fingerprint density at radius 3 is 2.07 bits per heavy atom. The van der Waals surface area contributed by atoms with E-state index in [-0.39, 0.29) is 25.2 Å². The summed E-state index contributed by atoms with van der Waals surface area (Å²) >= 11 is 0. The van der Waals surface area contributed by atoms with Crippen LogP contribution >= 0.6 is 0 Å². The maximum Gasteiger partial charge on any atom is 0.338 e. The van der Waals surface area contributed by atoms with Crippen molar-refractivity contribution in [2.45, 2.75) is 116 Å². The first-order valence-corrected chi connectivity index (χ1v) is 15.1. The molecule has 41 heavy (non-hydrogen) atoms. The van der Waals surface area contributed by atoms with Gasteiger partial charge in [0.05, 0.1) is 12.1 Å². The average Bonchev–Trinajstić information content (AvgIpc) is 3.32. The number of carboxylic acid groups (broad SMARTS) is 1. The van der Waals surface area contributed by atoms with Crippen molar-refractivity contribution in [1.82, 2.24) is 9.88 Å². The minimum absolute atomic E-state index is 0.00693. The summed E-state index contributed by atoms with van der Waals surface area (Å²) < 4.78 is 0. The molecule has 6 N–H and O–H groups in total. The molecular weight excluding hydrogens is 520 g/mol. The van der Waals surface area contributed by atoms with Crippen molar-refractivity contribution in [3.63, 3.8) is 0 Å². The molecule has 0 fully saturated rings. The van der Waals surface area contributed by atoms with Gasteiger partial charge in [0.2, 0.25) is 17.4 Å². The molecule has 228 valence electrons. The monoisotopic (exact) mass is 570 g/mol. The average molecular weight is 571 g/mol. The first kappa shape index (κ1) is 34.2. The van der Waals surface area contributed by atoms with E-state index in [2.05, 4.69) is 11.9 Å². The fraction of sp³-hybridized carbons (Fsp3) is 0.625. The number of ketones is 1. The lowest BCUT2D eigenvalue weighted by Gasteiger charge is -2.43. The Morgan fingerprint density at radius 2 is 1.49 bits per heavy atom. The van der Waals surface area contributed by atoms with Gasteiger partial charge in [-0.15, -0.1) is 0 Å². The number of nitrogens with zero attached hydrogens (tertiary/aromatic N) is 1. The molecule has 9 heteroatoms. The molecule has 2 aromatic rings. The molecule has 1 heterocycles. The summed E-state index contributed by atoms with van der Waals surface area (Å²) in [6.07, 6.45) is 8.58. The highest BCUT2D eigenvalue weighted by molar-refractivity contribution is 6.16. The van der Waals surface area contributed by atoms with Gasteiger partial charge in [0.1, 0.15) is 0 Å². The lowest BCUT2D eigenvalue weighted by atomic mass is 9.77. The van der Waals surface area contributed by atoms with E-state index in [1.54, 1.807) is 20.0 Å². The fourth-order valence-electron chi connectivity index (χ4n) is 5.62. The van der Waals surface area contributed by atoms with Crippen molar-refractivity contribution in [3.05, 3.63) is 36.0 Å². The van der Waals surface area contributed by atoms with Crippen LogP contribution in [0.2, 0.25) is 0 Å². The summed E-state index contributed by atoms with van der Waals surface area (Å²) in [5, 5.41) is 11.5. The number of para-hydroxylation sites is 1. The molecule has 0 aliphatic rings. The molecule has 2 amide bonds. The Hall–Kier alpha value is -3.04. The molecule has 0 saturated carbocycles. The number of amides is 2. The van der Waals surface area contributed by atoms with Crippen molar-refractivity contribution in [2.24, 2.45) is 23.3 Å². The lowest BCUT2D eigenvalue weighted by molar-refractivity contribution is -0.175. The SMILES string of the molecule is CCCCCCCCCC(=O)C(C(=O)O)(C(C)C)N(C(=O)C(N)Cc1c[nH]c2ccccc12)C(=O)C(N)CC(C)C. The standard InChI is InChI=1S/C32H50N4O5/c1-6-7-8-9-10-11-12-17-28(37)32(22(4)5,31(40)41)36(29(38)25(33)18-21(2)3)30(39)26(34)19-23-20-35-27-16-14-13-15-24(23)27/h13-16,20-22,25-26,35H,6-12,17-19,33-34H2,1-5H3,(H,40,41). The molecule has 0 aliphatic carbocycles. The maximum atomic E-state index is 14.1. The summed E-state index contributed by atoms with van der Waals surface area (Å²) in [6.45, 7) is 8.98. The highest BCUT2D eigenvalue weighted by atomic mass is 16.4. The molecule has 3 atom stereocenters. The van der Waals surface area contributed by atoms with Crippen molar-refractivity contribution >= 4 is 34.5 Å². The Bertz CT molecular complexity index is 1170. The Morgan fingerprint density at radius 1 is 0.902 bits per heavy atom. The Kier molecular flexibility index (Phi) is 13.2. The number of hydrogen-bond donors (Lipinski definition) is 4. The molecule has 9 nitrogen and oxygen atoms in total. The number of Topliss-reactive ketones (excluding diaryl/α,β-unsaturated/α-hetero) is 1. The van der Waals surface area contributed by atoms with E-state index in [9.17, 15) is 24.3 Å². The number of imide groups is 1. The van der Waals surface area contributed by atoms with Gasteiger partial charge in [0.25, 0.3) is 0 Å². The highest BCUT2D eigenvalue weighted by Gasteiger charge is 2.58. The summed E-state index contributed by atoms with van der Waals surface area (Å²) in [7, 11) is 0. The second-order valence-corrected chi connectivity index (χ2v) is 11.9. The van der Waals surface area contributed by atoms with Gasteiger partial charge in [-0.3, -0.25) is 19.3 Å². The van der Waals surface area contributed by atoms with Crippen LogP contribution in [-0.4, -0.2) is 56.2 Å². The van der Waals surface area contributed by atoms with Crippen LogP contribution in [0.25, 0.3) is 10.9 Å². The van der Waals surface area contributed by atoms with E-state index in [1.165, 1.54) is 0 Å². The van der Waals surface area contributed by atoms with Crippen molar-refractivity contribution in [2.75, 3.05) is 0 Å². The fourth-order valence-corrected chi connectivity index (χ4v) is 5.62. The van der Waals surface area contributed by atoms with E-state index >= 15 is 0 Å². The third kappa shape index (κ3) is 8.26. The van der Waals surface area contributed by atoms with Crippen LogP contribution in [-0.2, 0) is 25.6 Å². The van der Waals surface area contributed by atoms with Crippen LogP contribution in [0.1, 0.15) is 98.0 Å². The van der Waals surface area contributed by atoms with Crippen molar-refractivity contribution in [3.8, 4) is 0 Å². The summed E-state index contributed by atoms with van der Waals surface area (Å²) in [5.74, 6) is -4.92. The first-order valence-electron chi connectivity index (χ1n) is 15.1. The van der Waals surface area contributed by atoms with Crippen LogP contribution in [0.4, 0.5) is 0 Å². The van der Waals surface area contributed by atoms with Crippen LogP contribution in [0, 0.1) is 11.8 Å². The highest BCUT2D eigenvalue weighted by Crippen LogP contribution is 2.32. The molecule has 2 rings (SSSR count). The van der Waals surface area contributed by atoms with Crippen molar-refractivity contribution in [1.29, 1.82) is 0 Å². The van der Waals surface area contributed by atoms with E-state index in [0.717, 1.165) is 55.0 Å². The van der Waals surface area contributed by atoms with Crippen molar-refractivity contribution < 1.29 is 24.3 Å². The second-order valence-electron chi connectivity index (χ2n) is 11.9. The van der Waals surface area contributed by atoms with Crippen LogP contribution in [0.3, 0.4) is 0 Å². The minimum Gasteiger partial charge on any atom is -0.479 e. The molecule has 0 aliphatic heterocycles. The van der Waals surface area contributed by atoms with Crippen LogP contribution < -0.4 is 11.5 Å². The van der Waals surface area contributed by atoms with Gasteiger partial charge < -0.3 is 21.6 Å². The molecule has 0 radical (unpaired) electrons. The number of H-pyrrole nitrogens is 1. The maximum absolute atomic E-state index is 14.1. The van der Waals surface area contributed by atoms with Crippen LogP contribution in [0.5, 0.6) is 0 Å². The quantitative estimate of drug-likeness (QED) is 0.146. The topological polar surface area (TPSA) is 160 Å². The Labute approximate surface area is 244 Å². The molecule has 0 spiro atoms. The number of rotatable bonds is 18. The number of carboxylic acids is 1. The number of nitrogens with two attached hydrogens (primary N) is 2. The van der Waals surface area contributed by atoms with Gasteiger partial charge in [-0.2, -0.15) is 0 Å². The zero-order valence-corrected chi connectivity index (χ0v) is 25.4. The zero-order valence-electron chi connectivity index (χ0n) is 25.4. The first-order chi connectivity index (χ1) is 19.4. The number of aromatic nitrogens is 1. The zero-order chi connectivity index (χ0) is 30.7. The smallest absolute Gasteiger partial charge is 0.338 e. The van der Waals surface area contributed by atoms with Gasteiger partial charge >= 0.3 is 5.97 Å². The predicted octanol–water partition coefficient (Wildman–Crippen LogP) is 4.96. The molecule has 0 bridgehead atoms. The van der Waals surface area contributed by atoms with E-state index in [1.807, 2.05) is 38.1 Å². The van der Waals surface area contributed by atoms with Gasteiger partial charge in [-0.1, -0.05) is 91.3 Å². The number of aliphatic carboxylic acids is 1. The van der Waals surface area contributed by atoms with Crippen LogP contribution in [0.15, 0.2) is 30.5 Å². The van der Waals surface area contributed by atoms with E-state index < -0.39 is 47.1 Å².